The highest BCUT2D eigenvalue weighted by Crippen LogP contribution is 2.42. The van der Waals surface area contributed by atoms with Crippen LogP contribution in [0.4, 0.5) is 0 Å². The van der Waals surface area contributed by atoms with Crippen LogP contribution in [0.25, 0.3) is 119 Å². The molecule has 3 nitrogen and oxygen atoms in total. The number of fused-ring (bicyclic) bond motifs is 12. The molecule has 0 aliphatic rings. The zero-order chi connectivity index (χ0) is 37.9. The largest absolute Gasteiger partial charge is 0.456 e. The molecule has 13 aromatic rings. The molecule has 0 atom stereocenters. The molecule has 58 heavy (non-hydrogen) atoms. The van der Waals surface area contributed by atoms with Gasteiger partial charge in [-0.25, -0.2) is 0 Å². The molecule has 0 saturated heterocycles. The average Bonchev–Trinajstić information content (AvgIpc) is 4.02. The maximum Gasteiger partial charge on any atom is 0.136 e. The number of hydrogen-bond donors (Lipinski definition) is 0. The van der Waals surface area contributed by atoms with E-state index in [9.17, 15) is 0 Å². The van der Waals surface area contributed by atoms with Gasteiger partial charge in [0.05, 0.1) is 22.1 Å². The van der Waals surface area contributed by atoms with Crippen LogP contribution >= 0.6 is 11.3 Å². The van der Waals surface area contributed by atoms with Crippen LogP contribution in [0.1, 0.15) is 0 Å². The zero-order valence-corrected chi connectivity index (χ0v) is 32.0. The van der Waals surface area contributed by atoms with Crippen molar-refractivity contribution >= 4 is 97.1 Å². The van der Waals surface area contributed by atoms with Gasteiger partial charge in [0.25, 0.3) is 0 Å². The first-order chi connectivity index (χ1) is 28.7. The Morgan fingerprint density at radius 1 is 0.293 bits per heavy atom. The topological polar surface area (TPSA) is 23.0 Å². The fourth-order valence-corrected chi connectivity index (χ4v) is 10.6. The predicted molar refractivity (Wildman–Crippen MR) is 246 cm³/mol. The maximum absolute atomic E-state index is 6.25. The highest BCUT2D eigenvalue weighted by atomic mass is 32.1. The third-order valence-electron chi connectivity index (χ3n) is 12.1. The van der Waals surface area contributed by atoms with Gasteiger partial charge in [-0.2, -0.15) is 0 Å². The number of aromatic nitrogens is 2. The third kappa shape index (κ3) is 4.61. The molecule has 0 fully saturated rings. The minimum Gasteiger partial charge on any atom is -0.456 e. The van der Waals surface area contributed by atoms with Gasteiger partial charge < -0.3 is 13.6 Å². The molecule has 13 rings (SSSR count). The van der Waals surface area contributed by atoms with E-state index in [0.717, 1.165) is 27.9 Å². The average molecular weight is 757 g/mol. The molecule has 0 aliphatic heterocycles. The summed E-state index contributed by atoms with van der Waals surface area (Å²) in [4.78, 5) is 0. The van der Waals surface area contributed by atoms with Gasteiger partial charge in [0.2, 0.25) is 0 Å². The Hall–Kier alpha value is -7.40. The van der Waals surface area contributed by atoms with Gasteiger partial charge >= 0.3 is 0 Å². The quantitative estimate of drug-likeness (QED) is 0.175. The first-order valence-electron chi connectivity index (χ1n) is 19.7. The molecular weight excluding hydrogens is 725 g/mol. The Labute approximate surface area is 336 Å². The molecule has 270 valence electrons. The summed E-state index contributed by atoms with van der Waals surface area (Å²) in [6, 6.07) is 70.8. The minimum atomic E-state index is 0.936. The van der Waals surface area contributed by atoms with E-state index in [1.54, 1.807) is 0 Å². The van der Waals surface area contributed by atoms with Crippen molar-refractivity contribution in [1.29, 1.82) is 0 Å². The van der Waals surface area contributed by atoms with Crippen LogP contribution in [0, 0.1) is 0 Å². The summed E-state index contributed by atoms with van der Waals surface area (Å²) in [6.07, 6.45) is 0. The van der Waals surface area contributed by atoms with Crippen molar-refractivity contribution in [3.05, 3.63) is 194 Å². The van der Waals surface area contributed by atoms with Crippen molar-refractivity contribution in [2.45, 2.75) is 0 Å². The summed E-state index contributed by atoms with van der Waals surface area (Å²) < 4.78 is 13.6. The van der Waals surface area contributed by atoms with Gasteiger partial charge in [0.15, 0.2) is 0 Å². The molecule has 4 heteroatoms. The van der Waals surface area contributed by atoms with Crippen molar-refractivity contribution < 1.29 is 4.42 Å². The summed E-state index contributed by atoms with van der Waals surface area (Å²) in [6.45, 7) is 0. The lowest BCUT2D eigenvalue weighted by atomic mass is 10.0. The summed E-state index contributed by atoms with van der Waals surface area (Å²) in [7, 11) is 0. The molecule has 9 aromatic carbocycles. The number of rotatable bonds is 4. The fraction of sp³-hybridized carbons (Fsp3) is 0. The van der Waals surface area contributed by atoms with Gasteiger partial charge in [-0.15, -0.1) is 11.3 Å². The number of furan rings is 1. The Morgan fingerprint density at radius 3 is 1.53 bits per heavy atom. The first-order valence-corrected chi connectivity index (χ1v) is 20.6. The molecule has 0 radical (unpaired) electrons. The molecular formula is C54H32N2OS. The van der Waals surface area contributed by atoms with Gasteiger partial charge in [-0.05, 0) is 101 Å². The van der Waals surface area contributed by atoms with E-state index in [1.165, 1.54) is 91.4 Å². The zero-order valence-electron chi connectivity index (χ0n) is 31.2. The Balaban J connectivity index is 0.929. The second-order valence-corrected chi connectivity index (χ2v) is 16.4. The number of hydrogen-bond acceptors (Lipinski definition) is 2. The van der Waals surface area contributed by atoms with E-state index in [0.29, 0.717) is 0 Å². The Kier molecular flexibility index (Phi) is 6.60. The van der Waals surface area contributed by atoms with Crippen LogP contribution in [0.5, 0.6) is 0 Å². The van der Waals surface area contributed by atoms with Crippen LogP contribution in [-0.4, -0.2) is 9.13 Å². The fourth-order valence-electron chi connectivity index (χ4n) is 9.42. The summed E-state index contributed by atoms with van der Waals surface area (Å²) in [5.74, 6) is 0. The van der Waals surface area contributed by atoms with E-state index in [1.807, 2.05) is 23.5 Å². The Morgan fingerprint density at radius 2 is 0.828 bits per heavy atom. The van der Waals surface area contributed by atoms with Crippen LogP contribution in [0.2, 0.25) is 0 Å². The minimum absolute atomic E-state index is 0.936. The lowest BCUT2D eigenvalue weighted by Crippen LogP contribution is -1.94. The third-order valence-corrected chi connectivity index (χ3v) is 13.2. The van der Waals surface area contributed by atoms with E-state index in [4.69, 9.17) is 4.42 Å². The smallest absolute Gasteiger partial charge is 0.136 e. The number of benzene rings is 9. The normalized spacial score (nSPS) is 12.1. The van der Waals surface area contributed by atoms with E-state index in [-0.39, 0.29) is 0 Å². The molecule has 0 saturated carbocycles. The van der Waals surface area contributed by atoms with Crippen molar-refractivity contribution in [2.24, 2.45) is 0 Å². The van der Waals surface area contributed by atoms with Crippen molar-refractivity contribution in [2.75, 3.05) is 0 Å². The van der Waals surface area contributed by atoms with Crippen LogP contribution in [0.15, 0.2) is 199 Å². The van der Waals surface area contributed by atoms with Crippen molar-refractivity contribution in [3.8, 4) is 33.6 Å². The standard InChI is InChI=1S/C54H32N2OS/c1-2-10-33(11-3-1)34-18-22-37(23-19-34)55-47-15-7-4-12-39(47)43-28-35(20-26-49(43)55)36-21-27-50-44(29-36)40-13-5-8-16-48(40)56(50)38-24-25-42-46-31-45-41-14-6-9-17-51(41)57-52(45)32-54(46)58-53(42)30-38/h1-32H. The lowest BCUT2D eigenvalue weighted by molar-refractivity contribution is 0.669. The van der Waals surface area contributed by atoms with Crippen LogP contribution in [-0.2, 0) is 0 Å². The molecule has 0 spiro atoms. The molecule has 0 bridgehead atoms. The predicted octanol–water partition coefficient (Wildman–Crippen LogP) is 15.5. The molecule has 4 heterocycles. The molecule has 0 unspecified atom stereocenters. The molecule has 0 amide bonds. The Bertz CT molecular complexity index is 3790. The van der Waals surface area contributed by atoms with Gasteiger partial charge in [0.1, 0.15) is 11.2 Å². The van der Waals surface area contributed by atoms with E-state index >= 15 is 0 Å². The number of para-hydroxylation sites is 3. The maximum atomic E-state index is 6.25. The van der Waals surface area contributed by atoms with Crippen molar-refractivity contribution in [1.82, 2.24) is 9.13 Å². The van der Waals surface area contributed by atoms with Gasteiger partial charge in [-0.3, -0.25) is 0 Å². The molecule has 0 N–H and O–H groups in total. The summed E-state index contributed by atoms with van der Waals surface area (Å²) in [5.41, 5.74) is 13.9. The van der Waals surface area contributed by atoms with Gasteiger partial charge in [0, 0.05) is 63.9 Å². The van der Waals surface area contributed by atoms with E-state index in [2.05, 4.69) is 191 Å². The number of nitrogens with zero attached hydrogens (tertiary/aromatic N) is 2. The van der Waals surface area contributed by atoms with Crippen LogP contribution in [0.3, 0.4) is 0 Å². The molecule has 0 aliphatic carbocycles. The second kappa shape index (κ2) is 12.1. The molecule has 4 aromatic heterocycles. The van der Waals surface area contributed by atoms with Crippen molar-refractivity contribution in [3.63, 3.8) is 0 Å². The van der Waals surface area contributed by atoms with Crippen LogP contribution < -0.4 is 0 Å². The summed E-state index contributed by atoms with van der Waals surface area (Å²) >= 11 is 1.83. The second-order valence-electron chi connectivity index (χ2n) is 15.3. The first kappa shape index (κ1) is 31.8. The highest BCUT2D eigenvalue weighted by molar-refractivity contribution is 7.25. The lowest BCUT2D eigenvalue weighted by Gasteiger charge is -2.10. The highest BCUT2D eigenvalue weighted by Gasteiger charge is 2.18. The number of thiophene rings is 1. The van der Waals surface area contributed by atoms with E-state index < -0.39 is 0 Å². The SMILES string of the molecule is c1ccc(-c2ccc(-n3c4ccccc4c4cc(-c5ccc6c(c5)c5ccccc5n6-c5ccc6c(c5)sc5cc7oc8ccccc8c7cc56)ccc43)cc2)cc1. The summed E-state index contributed by atoms with van der Waals surface area (Å²) in [5, 5.41) is 9.89. The monoisotopic (exact) mass is 756 g/mol. The van der Waals surface area contributed by atoms with Gasteiger partial charge in [-0.1, -0.05) is 115 Å².